The molecule has 1 amide bonds. The van der Waals surface area contributed by atoms with E-state index in [0.29, 0.717) is 17.0 Å². The quantitative estimate of drug-likeness (QED) is 0.818. The highest BCUT2D eigenvalue weighted by molar-refractivity contribution is 6.31. The van der Waals surface area contributed by atoms with E-state index in [-0.39, 0.29) is 43.3 Å². The summed E-state index contributed by atoms with van der Waals surface area (Å²) in [6, 6.07) is 1.55. The van der Waals surface area contributed by atoms with Crippen LogP contribution in [0, 0.1) is 0 Å². The van der Waals surface area contributed by atoms with E-state index >= 15 is 4.39 Å². The SMILES string of the molecule is CC(C)(C)OC(=O)N1CCC(F)(c2ncc(-c3ocnc3CO)cc2Cl)CC1. The lowest BCUT2D eigenvalue weighted by Gasteiger charge is -2.37. The molecule has 3 heterocycles. The standard InChI is InChI=1S/C19H23ClFN3O4/c1-18(2,3)28-17(26)24-6-4-19(21,5-7-24)16-13(20)8-12(9-22-16)15-14(10-25)23-11-27-15/h8-9,11,25H,4-7,10H2,1-3H3. The largest absolute Gasteiger partial charge is 0.444 e. The molecule has 0 radical (unpaired) electrons. The number of halogens is 2. The van der Waals surface area contributed by atoms with Gasteiger partial charge in [-0.15, -0.1) is 0 Å². The lowest BCUT2D eigenvalue weighted by molar-refractivity contribution is 0.00130. The number of hydrogen-bond donors (Lipinski definition) is 1. The van der Waals surface area contributed by atoms with Crippen molar-refractivity contribution in [2.24, 2.45) is 0 Å². The molecular weight excluding hydrogens is 389 g/mol. The molecule has 152 valence electrons. The van der Waals surface area contributed by atoms with Crippen LogP contribution >= 0.6 is 11.6 Å². The molecule has 3 rings (SSSR count). The Hall–Kier alpha value is -2.19. The number of aliphatic hydroxyl groups is 1. The lowest BCUT2D eigenvalue weighted by atomic mass is 9.89. The number of hydrogen-bond acceptors (Lipinski definition) is 6. The smallest absolute Gasteiger partial charge is 0.410 e. The van der Waals surface area contributed by atoms with Gasteiger partial charge in [0.05, 0.1) is 17.3 Å². The molecule has 1 fully saturated rings. The first-order valence-electron chi connectivity index (χ1n) is 8.99. The highest BCUT2D eigenvalue weighted by Gasteiger charge is 2.41. The summed E-state index contributed by atoms with van der Waals surface area (Å²) in [5.41, 5.74) is -1.35. The second-order valence-corrected chi connectivity index (χ2v) is 8.18. The first-order chi connectivity index (χ1) is 13.1. The number of piperidine rings is 1. The number of carbonyl (C=O) groups is 1. The number of carbonyl (C=O) groups excluding carboxylic acids is 1. The fraction of sp³-hybridized carbons (Fsp3) is 0.526. The van der Waals surface area contributed by atoms with Gasteiger partial charge in [-0.2, -0.15) is 0 Å². The van der Waals surface area contributed by atoms with Gasteiger partial charge < -0.3 is 19.2 Å². The number of nitrogens with zero attached hydrogens (tertiary/aromatic N) is 3. The van der Waals surface area contributed by atoms with Gasteiger partial charge in [0.25, 0.3) is 0 Å². The van der Waals surface area contributed by atoms with Crippen molar-refractivity contribution in [1.29, 1.82) is 0 Å². The molecule has 9 heteroatoms. The van der Waals surface area contributed by atoms with Crippen molar-refractivity contribution < 1.29 is 23.4 Å². The van der Waals surface area contributed by atoms with Crippen LogP contribution in [0.15, 0.2) is 23.1 Å². The summed E-state index contributed by atoms with van der Waals surface area (Å²) < 4.78 is 26.2. The number of aromatic nitrogens is 2. The molecule has 0 saturated carbocycles. The van der Waals surface area contributed by atoms with Crippen LogP contribution in [0.25, 0.3) is 11.3 Å². The summed E-state index contributed by atoms with van der Waals surface area (Å²) in [6.45, 7) is 5.49. The topological polar surface area (TPSA) is 88.7 Å². The van der Waals surface area contributed by atoms with E-state index in [1.165, 1.54) is 17.5 Å². The van der Waals surface area contributed by atoms with Crippen LogP contribution in [0.2, 0.25) is 5.02 Å². The van der Waals surface area contributed by atoms with E-state index in [9.17, 15) is 9.90 Å². The molecule has 1 N–H and O–H groups in total. The van der Waals surface area contributed by atoms with E-state index in [0.717, 1.165) is 0 Å². The highest BCUT2D eigenvalue weighted by atomic mass is 35.5. The molecule has 0 spiro atoms. The Labute approximate surface area is 167 Å². The van der Waals surface area contributed by atoms with Crippen molar-refractivity contribution in [3.63, 3.8) is 0 Å². The van der Waals surface area contributed by atoms with Crippen LogP contribution in [-0.4, -0.2) is 44.8 Å². The number of alkyl halides is 1. The van der Waals surface area contributed by atoms with E-state index in [1.807, 2.05) is 0 Å². The van der Waals surface area contributed by atoms with Crippen LogP contribution in [0.1, 0.15) is 45.0 Å². The minimum atomic E-state index is -1.74. The third-order valence-corrected chi connectivity index (χ3v) is 4.81. The van der Waals surface area contributed by atoms with Crippen LogP contribution in [-0.2, 0) is 17.0 Å². The lowest BCUT2D eigenvalue weighted by Crippen LogP contribution is -2.45. The fourth-order valence-electron chi connectivity index (χ4n) is 3.12. The molecule has 28 heavy (non-hydrogen) atoms. The number of amides is 1. The van der Waals surface area contributed by atoms with Crippen LogP contribution in [0.4, 0.5) is 9.18 Å². The molecular formula is C19H23ClFN3O4. The molecule has 2 aromatic rings. The Balaban J connectivity index is 1.74. The zero-order valence-electron chi connectivity index (χ0n) is 16.0. The number of pyridine rings is 1. The normalized spacial score (nSPS) is 16.9. The Kier molecular flexibility index (Phi) is 5.63. The number of likely N-dealkylation sites (tertiary alicyclic amines) is 1. The van der Waals surface area contributed by atoms with Gasteiger partial charge >= 0.3 is 6.09 Å². The monoisotopic (exact) mass is 411 g/mol. The van der Waals surface area contributed by atoms with Crippen molar-refractivity contribution in [3.8, 4) is 11.3 Å². The van der Waals surface area contributed by atoms with Gasteiger partial charge in [0.15, 0.2) is 17.8 Å². The Bertz CT molecular complexity index is 857. The van der Waals surface area contributed by atoms with Crippen LogP contribution in [0.3, 0.4) is 0 Å². The molecule has 0 unspecified atom stereocenters. The summed E-state index contributed by atoms with van der Waals surface area (Å²) in [6.07, 6.45) is 2.35. The van der Waals surface area contributed by atoms with E-state index in [1.54, 1.807) is 26.8 Å². The van der Waals surface area contributed by atoms with Crippen molar-refractivity contribution >= 4 is 17.7 Å². The number of aliphatic hydroxyl groups excluding tert-OH is 1. The maximum Gasteiger partial charge on any atom is 0.410 e. The minimum Gasteiger partial charge on any atom is -0.444 e. The zero-order chi connectivity index (χ0) is 20.5. The number of rotatable bonds is 3. The molecule has 7 nitrogen and oxygen atoms in total. The van der Waals surface area contributed by atoms with Gasteiger partial charge in [0.1, 0.15) is 11.3 Å². The van der Waals surface area contributed by atoms with E-state index in [2.05, 4.69) is 9.97 Å². The Morgan fingerprint density at radius 2 is 2.07 bits per heavy atom. The van der Waals surface area contributed by atoms with Crippen molar-refractivity contribution in [2.45, 2.75) is 51.5 Å². The van der Waals surface area contributed by atoms with Crippen LogP contribution < -0.4 is 0 Å². The average molecular weight is 412 g/mol. The van der Waals surface area contributed by atoms with Crippen molar-refractivity contribution in [3.05, 3.63) is 35.1 Å². The summed E-state index contributed by atoms with van der Waals surface area (Å²) >= 11 is 6.32. The van der Waals surface area contributed by atoms with Crippen molar-refractivity contribution in [1.82, 2.24) is 14.9 Å². The van der Waals surface area contributed by atoms with Crippen LogP contribution in [0.5, 0.6) is 0 Å². The third kappa shape index (κ3) is 4.28. The maximum absolute atomic E-state index is 15.6. The first-order valence-corrected chi connectivity index (χ1v) is 9.37. The second-order valence-electron chi connectivity index (χ2n) is 7.77. The highest BCUT2D eigenvalue weighted by Crippen LogP contribution is 2.40. The molecule has 0 bridgehead atoms. The third-order valence-electron chi connectivity index (χ3n) is 4.53. The molecule has 1 saturated heterocycles. The van der Waals surface area contributed by atoms with Gasteiger partial charge in [-0.05, 0) is 26.8 Å². The van der Waals surface area contributed by atoms with Gasteiger partial charge in [0.2, 0.25) is 0 Å². The molecule has 0 aromatic carbocycles. The molecule has 1 aliphatic rings. The second kappa shape index (κ2) is 7.67. The summed E-state index contributed by atoms with van der Waals surface area (Å²) in [5.74, 6) is 0.344. The number of ether oxygens (including phenoxy) is 1. The summed E-state index contributed by atoms with van der Waals surface area (Å²) in [5, 5.41) is 9.46. The van der Waals surface area contributed by atoms with Crippen molar-refractivity contribution in [2.75, 3.05) is 13.1 Å². The Morgan fingerprint density at radius 1 is 1.39 bits per heavy atom. The minimum absolute atomic E-state index is 0.0719. The van der Waals surface area contributed by atoms with Gasteiger partial charge in [-0.3, -0.25) is 4.98 Å². The maximum atomic E-state index is 15.6. The first kappa shape index (κ1) is 20.5. The Morgan fingerprint density at radius 3 is 2.64 bits per heavy atom. The van der Waals surface area contributed by atoms with E-state index in [4.69, 9.17) is 20.8 Å². The average Bonchev–Trinajstić information content (AvgIpc) is 3.09. The zero-order valence-corrected chi connectivity index (χ0v) is 16.8. The molecule has 2 aromatic heterocycles. The van der Waals surface area contributed by atoms with Gasteiger partial charge in [0, 0.05) is 37.7 Å². The van der Waals surface area contributed by atoms with Gasteiger partial charge in [-0.25, -0.2) is 14.2 Å². The molecule has 0 atom stereocenters. The molecule has 1 aliphatic heterocycles. The summed E-state index contributed by atoms with van der Waals surface area (Å²) in [7, 11) is 0. The predicted molar refractivity (Wildman–Crippen MR) is 100 cm³/mol. The summed E-state index contributed by atoms with van der Waals surface area (Å²) in [4.78, 5) is 21.8. The predicted octanol–water partition coefficient (Wildman–Crippen LogP) is 4.08. The number of oxazole rings is 1. The fourth-order valence-corrected chi connectivity index (χ4v) is 3.45. The van der Waals surface area contributed by atoms with E-state index < -0.39 is 17.4 Å². The van der Waals surface area contributed by atoms with Gasteiger partial charge in [-0.1, -0.05) is 11.6 Å². The molecule has 0 aliphatic carbocycles.